The van der Waals surface area contributed by atoms with E-state index in [4.69, 9.17) is 0 Å². The average Bonchev–Trinajstić information content (AvgIpc) is 1.97. The van der Waals surface area contributed by atoms with E-state index in [9.17, 15) is 0 Å². The third kappa shape index (κ3) is 5.75. The highest BCUT2D eigenvalue weighted by molar-refractivity contribution is 7.75. The van der Waals surface area contributed by atoms with Gasteiger partial charge >= 0.3 is 0 Å². The van der Waals surface area contributed by atoms with Crippen molar-refractivity contribution >= 4 is 29.7 Å². The summed E-state index contributed by atoms with van der Waals surface area (Å²) in [4.78, 5) is 0. The first-order valence-corrected chi connectivity index (χ1v) is 11.1. The standard InChI is InChI=1S/C9H23P3/c1-7-11(3)9(10-2)8-12(4,5)6/h9-10H,4,7-8H2,1-3,5-6H3. The summed E-state index contributed by atoms with van der Waals surface area (Å²) in [6, 6.07) is 0. The SMILES string of the molecule is C=P(C)(C)CC(PC)P(C)CC. The van der Waals surface area contributed by atoms with Gasteiger partial charge < -0.3 is 0 Å². The van der Waals surface area contributed by atoms with E-state index >= 15 is 0 Å². The van der Waals surface area contributed by atoms with E-state index in [1.54, 1.807) is 0 Å². The van der Waals surface area contributed by atoms with Gasteiger partial charge in [0.2, 0.25) is 0 Å². The van der Waals surface area contributed by atoms with Gasteiger partial charge in [0.25, 0.3) is 0 Å². The fourth-order valence-electron chi connectivity index (χ4n) is 1.14. The van der Waals surface area contributed by atoms with Crippen LogP contribution in [-0.2, 0) is 0 Å². The molecule has 0 aromatic rings. The maximum Gasteiger partial charge on any atom is -0.0000115 e. The van der Waals surface area contributed by atoms with Gasteiger partial charge in [-0.05, 0) is 44.4 Å². The summed E-state index contributed by atoms with van der Waals surface area (Å²) >= 11 is 0. The molecule has 3 atom stereocenters. The summed E-state index contributed by atoms with van der Waals surface area (Å²) in [5, 5.41) is 1.01. The van der Waals surface area contributed by atoms with Crippen LogP contribution in [0.15, 0.2) is 0 Å². The molecule has 0 fully saturated rings. The Morgan fingerprint density at radius 1 is 1.50 bits per heavy atom. The molecule has 0 bridgehead atoms. The second-order valence-corrected chi connectivity index (χ2v) is 12.8. The molecule has 0 aliphatic carbocycles. The third-order valence-electron chi connectivity index (χ3n) is 2.03. The molecule has 0 aromatic heterocycles. The van der Waals surface area contributed by atoms with Crippen LogP contribution in [-0.4, -0.2) is 50.7 Å². The molecule has 0 nitrogen and oxygen atoms in total. The Bertz CT molecular complexity index is 159. The molecule has 0 N–H and O–H groups in total. The van der Waals surface area contributed by atoms with Gasteiger partial charge in [0.1, 0.15) is 0 Å². The second-order valence-electron chi connectivity index (χ2n) is 4.00. The van der Waals surface area contributed by atoms with Gasteiger partial charge in [-0.2, -0.15) is 0 Å². The van der Waals surface area contributed by atoms with Crippen molar-refractivity contribution in [3.8, 4) is 0 Å². The molecule has 0 amide bonds. The van der Waals surface area contributed by atoms with Gasteiger partial charge in [0, 0.05) is 0 Å². The molecule has 0 heterocycles. The van der Waals surface area contributed by atoms with Crippen LogP contribution in [0.4, 0.5) is 0 Å². The predicted molar refractivity (Wildman–Crippen MR) is 72.2 cm³/mol. The lowest BCUT2D eigenvalue weighted by molar-refractivity contribution is 1.34. The predicted octanol–water partition coefficient (Wildman–Crippen LogP) is 3.46. The van der Waals surface area contributed by atoms with Crippen molar-refractivity contribution in [1.82, 2.24) is 0 Å². The lowest BCUT2D eigenvalue weighted by atomic mass is 10.9. The van der Waals surface area contributed by atoms with Crippen LogP contribution < -0.4 is 0 Å². The van der Waals surface area contributed by atoms with Crippen molar-refractivity contribution in [2.75, 3.05) is 39.0 Å². The molecule has 0 spiro atoms. The Balaban J connectivity index is 4.09. The van der Waals surface area contributed by atoms with Gasteiger partial charge in [-0.15, -0.1) is 29.7 Å². The van der Waals surface area contributed by atoms with Gasteiger partial charge in [-0.1, -0.05) is 6.92 Å². The quantitative estimate of drug-likeness (QED) is 0.627. The van der Waals surface area contributed by atoms with Gasteiger partial charge in [-0.25, -0.2) is 0 Å². The summed E-state index contributed by atoms with van der Waals surface area (Å²) in [6.07, 6.45) is 7.11. The minimum Gasteiger partial charge on any atom is -0.117 e. The van der Waals surface area contributed by atoms with Crippen LogP contribution in [0.5, 0.6) is 0 Å². The van der Waals surface area contributed by atoms with E-state index in [0.717, 1.165) is 14.0 Å². The van der Waals surface area contributed by atoms with E-state index in [0.29, 0.717) is 7.92 Å². The minimum atomic E-state index is -0.782. The highest BCUT2D eigenvalue weighted by Crippen LogP contribution is 2.51. The van der Waals surface area contributed by atoms with E-state index in [-0.39, 0.29) is 0 Å². The van der Waals surface area contributed by atoms with Crippen LogP contribution in [0.3, 0.4) is 0 Å². The van der Waals surface area contributed by atoms with Crippen molar-refractivity contribution in [2.24, 2.45) is 0 Å². The Kier molecular flexibility index (Phi) is 6.36. The first-order valence-electron chi connectivity index (χ1n) is 4.45. The molecule has 3 heteroatoms. The minimum absolute atomic E-state index is 0.294. The molecular formula is C9H23P3. The molecule has 0 aliphatic rings. The van der Waals surface area contributed by atoms with Crippen LogP contribution in [0.2, 0.25) is 0 Å². The van der Waals surface area contributed by atoms with Gasteiger partial charge in [0.15, 0.2) is 0 Å². The molecular weight excluding hydrogens is 201 g/mol. The van der Waals surface area contributed by atoms with Crippen molar-refractivity contribution < 1.29 is 0 Å². The zero-order valence-corrected chi connectivity index (χ0v) is 11.9. The zero-order valence-electron chi connectivity index (χ0n) is 9.09. The Morgan fingerprint density at radius 3 is 2.25 bits per heavy atom. The van der Waals surface area contributed by atoms with E-state index in [1.165, 1.54) is 12.3 Å². The third-order valence-corrected chi connectivity index (χ3v) is 9.23. The summed E-state index contributed by atoms with van der Waals surface area (Å²) < 4.78 is 0. The molecule has 0 aliphatic heterocycles. The molecule has 0 rings (SSSR count). The van der Waals surface area contributed by atoms with Crippen molar-refractivity contribution in [1.29, 1.82) is 0 Å². The molecule has 0 aromatic carbocycles. The number of hydrogen-bond donors (Lipinski definition) is 0. The number of rotatable bonds is 5. The monoisotopic (exact) mass is 224 g/mol. The summed E-state index contributed by atoms with van der Waals surface area (Å²) in [6.45, 7) is 11.1. The highest BCUT2D eigenvalue weighted by atomic mass is 31.2. The molecule has 0 radical (unpaired) electrons. The van der Waals surface area contributed by atoms with Crippen LogP contribution in [0.1, 0.15) is 6.92 Å². The number of hydrogen-bond acceptors (Lipinski definition) is 0. The largest absolute Gasteiger partial charge is 0.117 e. The lowest BCUT2D eigenvalue weighted by Gasteiger charge is -2.26. The lowest BCUT2D eigenvalue weighted by Crippen LogP contribution is -2.05. The molecule has 0 saturated carbocycles. The van der Waals surface area contributed by atoms with Crippen molar-refractivity contribution in [2.45, 2.75) is 12.3 Å². The molecule has 74 valence electrons. The van der Waals surface area contributed by atoms with Gasteiger partial charge in [0.05, 0.1) is 0 Å². The summed E-state index contributed by atoms with van der Waals surface area (Å²) in [5.41, 5.74) is 0. The first kappa shape index (κ1) is 13.2. The molecule has 12 heavy (non-hydrogen) atoms. The maximum atomic E-state index is 4.30. The van der Waals surface area contributed by atoms with E-state index in [1.807, 2.05) is 0 Å². The maximum absolute atomic E-state index is 4.30. The average molecular weight is 224 g/mol. The zero-order chi connectivity index (χ0) is 9.78. The topological polar surface area (TPSA) is 0 Å². The van der Waals surface area contributed by atoms with Crippen molar-refractivity contribution in [3.05, 3.63) is 0 Å². The summed E-state index contributed by atoms with van der Waals surface area (Å²) in [7, 11) is 1.42. The van der Waals surface area contributed by atoms with Crippen molar-refractivity contribution in [3.63, 3.8) is 0 Å². The Hall–Kier alpha value is 1.16. The van der Waals surface area contributed by atoms with Crippen LogP contribution in [0, 0.1) is 0 Å². The smallest absolute Gasteiger partial charge is 0.0000115 e. The van der Waals surface area contributed by atoms with E-state index in [2.05, 4.69) is 39.9 Å². The Labute approximate surface area is 81.4 Å². The van der Waals surface area contributed by atoms with Crippen LogP contribution >= 0.6 is 23.4 Å². The fraction of sp³-hybridized carbons (Fsp3) is 0.889. The highest BCUT2D eigenvalue weighted by Gasteiger charge is 2.16. The van der Waals surface area contributed by atoms with Crippen LogP contribution in [0.25, 0.3) is 0 Å². The fourth-order valence-corrected chi connectivity index (χ4v) is 9.48. The van der Waals surface area contributed by atoms with Gasteiger partial charge in [-0.3, -0.25) is 0 Å². The normalized spacial score (nSPS) is 18.4. The summed E-state index contributed by atoms with van der Waals surface area (Å²) in [5.74, 6) is 0. The Morgan fingerprint density at radius 2 is 2.00 bits per heavy atom. The second kappa shape index (κ2) is 5.80. The molecule has 3 unspecified atom stereocenters. The molecule has 0 saturated heterocycles. The first-order chi connectivity index (χ1) is 5.40. The van der Waals surface area contributed by atoms with E-state index < -0.39 is 6.89 Å².